The number of halogens is 1. The summed E-state index contributed by atoms with van der Waals surface area (Å²) in [6, 6.07) is 14.8. The number of morpholine rings is 1. The van der Waals surface area contributed by atoms with E-state index < -0.39 is 0 Å². The normalized spacial score (nSPS) is 17.6. The lowest BCUT2D eigenvalue weighted by Gasteiger charge is -2.25. The number of amidine groups is 1. The number of benzene rings is 2. The Bertz CT molecular complexity index is 1350. The number of hydrogen-bond donors (Lipinski definition) is 2. The van der Waals surface area contributed by atoms with Crippen molar-refractivity contribution in [2.75, 3.05) is 43.5 Å². The van der Waals surface area contributed by atoms with Crippen LogP contribution in [-0.2, 0) is 14.3 Å². The Morgan fingerprint density at radius 3 is 2.89 bits per heavy atom. The molecule has 0 atom stereocenters. The van der Waals surface area contributed by atoms with Crippen LogP contribution < -0.4 is 10.6 Å². The summed E-state index contributed by atoms with van der Waals surface area (Å²) in [5, 5.41) is 7.87. The number of anilines is 2. The molecule has 1 aromatic heterocycles. The van der Waals surface area contributed by atoms with Crippen molar-refractivity contribution in [1.29, 1.82) is 0 Å². The Kier molecular flexibility index (Phi) is 7.10. The quantitative estimate of drug-likeness (QED) is 0.498. The van der Waals surface area contributed by atoms with E-state index in [2.05, 4.69) is 20.6 Å². The standard InChI is InChI=1S/C25H22ClN5O3S/c26-19-5-4-18(28-23(32)15-31-8-10-34-11-9-31)14-21(19)29-25-30-24(33)22(35-25)13-16-3-6-20-17(12-16)2-1-7-27-20/h1-7,12-14H,8-11,15H2,(H,28,32)(H,29,30,33)/b22-13-. The van der Waals surface area contributed by atoms with Crippen molar-refractivity contribution in [1.82, 2.24) is 9.88 Å². The monoisotopic (exact) mass is 507 g/mol. The second-order valence-electron chi connectivity index (χ2n) is 8.04. The van der Waals surface area contributed by atoms with Crippen molar-refractivity contribution >= 4 is 68.7 Å². The fourth-order valence-corrected chi connectivity index (χ4v) is 4.77. The molecule has 35 heavy (non-hydrogen) atoms. The van der Waals surface area contributed by atoms with Crippen molar-refractivity contribution in [2.45, 2.75) is 0 Å². The highest BCUT2D eigenvalue weighted by Crippen LogP contribution is 2.32. The molecule has 2 N–H and O–H groups in total. The summed E-state index contributed by atoms with van der Waals surface area (Å²) in [6.45, 7) is 3.03. The molecule has 178 valence electrons. The first-order valence-corrected chi connectivity index (χ1v) is 12.3. The Morgan fingerprint density at radius 1 is 1.17 bits per heavy atom. The summed E-state index contributed by atoms with van der Waals surface area (Å²) >= 11 is 7.59. The molecule has 2 aromatic carbocycles. The third-order valence-corrected chi connectivity index (χ3v) is 6.74. The number of hydrogen-bond acceptors (Lipinski definition) is 7. The van der Waals surface area contributed by atoms with Gasteiger partial charge in [-0.15, -0.1) is 0 Å². The van der Waals surface area contributed by atoms with E-state index in [1.165, 1.54) is 11.8 Å². The van der Waals surface area contributed by atoms with Gasteiger partial charge in [0, 0.05) is 30.4 Å². The highest BCUT2D eigenvalue weighted by molar-refractivity contribution is 8.18. The molecule has 8 nitrogen and oxygen atoms in total. The minimum atomic E-state index is -0.324. The van der Waals surface area contributed by atoms with Crippen molar-refractivity contribution < 1.29 is 14.3 Å². The summed E-state index contributed by atoms with van der Waals surface area (Å²) in [7, 11) is 0. The van der Waals surface area contributed by atoms with Crippen molar-refractivity contribution in [3.8, 4) is 0 Å². The Labute approximate surface area is 211 Å². The molecule has 2 aliphatic rings. The number of ether oxygens (including phenoxy) is 1. The van der Waals surface area contributed by atoms with Gasteiger partial charge in [0.05, 0.1) is 40.9 Å². The highest BCUT2D eigenvalue weighted by Gasteiger charge is 2.23. The minimum absolute atomic E-state index is 0.112. The predicted molar refractivity (Wildman–Crippen MR) is 141 cm³/mol. The molecule has 0 saturated carbocycles. The number of nitrogens with zero attached hydrogens (tertiary/aromatic N) is 3. The summed E-state index contributed by atoms with van der Waals surface area (Å²) in [6.07, 6.45) is 3.56. The van der Waals surface area contributed by atoms with Gasteiger partial charge in [-0.25, -0.2) is 0 Å². The SMILES string of the molecule is O=C(CN1CCOCC1)Nc1ccc(Cl)c(NC2=NC(=O)/C(=C/c3ccc4ncccc4c3)S2)c1. The zero-order valence-electron chi connectivity index (χ0n) is 18.7. The molecule has 2 amide bonds. The molecule has 5 rings (SSSR count). The molecule has 0 aliphatic carbocycles. The van der Waals surface area contributed by atoms with Crippen molar-refractivity contribution in [2.24, 2.45) is 4.99 Å². The number of carbonyl (C=O) groups excluding carboxylic acids is 2. The van der Waals surface area contributed by atoms with E-state index in [-0.39, 0.29) is 11.8 Å². The predicted octanol–water partition coefficient (Wildman–Crippen LogP) is 4.24. The molecule has 3 heterocycles. The summed E-state index contributed by atoms with van der Waals surface area (Å²) in [4.78, 5) is 35.9. The minimum Gasteiger partial charge on any atom is -0.379 e. The highest BCUT2D eigenvalue weighted by atomic mass is 35.5. The first-order chi connectivity index (χ1) is 17.0. The van der Waals surface area contributed by atoms with E-state index in [0.29, 0.717) is 46.2 Å². The molecule has 0 unspecified atom stereocenters. The van der Waals surface area contributed by atoms with Gasteiger partial charge in [0.15, 0.2) is 5.17 Å². The second-order valence-corrected chi connectivity index (χ2v) is 9.48. The van der Waals surface area contributed by atoms with Gasteiger partial charge in [0.2, 0.25) is 5.91 Å². The van der Waals surface area contributed by atoms with Crippen LogP contribution >= 0.6 is 23.4 Å². The van der Waals surface area contributed by atoms with E-state index in [0.717, 1.165) is 29.6 Å². The molecule has 10 heteroatoms. The largest absolute Gasteiger partial charge is 0.379 e. The summed E-state index contributed by atoms with van der Waals surface area (Å²) in [5.41, 5.74) is 2.93. The van der Waals surface area contributed by atoms with Gasteiger partial charge in [-0.2, -0.15) is 4.99 Å². The van der Waals surface area contributed by atoms with Crippen LogP contribution in [0.5, 0.6) is 0 Å². The smallest absolute Gasteiger partial charge is 0.286 e. The number of thioether (sulfide) groups is 1. The van der Waals surface area contributed by atoms with Crippen molar-refractivity contribution in [3.63, 3.8) is 0 Å². The van der Waals surface area contributed by atoms with Crippen LogP contribution in [0.15, 0.2) is 64.6 Å². The fourth-order valence-electron chi connectivity index (χ4n) is 3.77. The number of rotatable bonds is 5. The van der Waals surface area contributed by atoms with E-state index in [1.807, 2.05) is 41.3 Å². The molecule has 0 bridgehead atoms. The zero-order valence-corrected chi connectivity index (χ0v) is 20.2. The molecular formula is C25H22ClN5O3S. The average molecular weight is 508 g/mol. The molecule has 3 aromatic rings. The van der Waals surface area contributed by atoms with Gasteiger partial charge in [-0.1, -0.05) is 23.7 Å². The molecular weight excluding hydrogens is 486 g/mol. The second kappa shape index (κ2) is 10.6. The van der Waals surface area contributed by atoms with Crippen LogP contribution in [0.1, 0.15) is 5.56 Å². The van der Waals surface area contributed by atoms with E-state index >= 15 is 0 Å². The topological polar surface area (TPSA) is 95.9 Å². The summed E-state index contributed by atoms with van der Waals surface area (Å²) < 4.78 is 5.32. The first kappa shape index (κ1) is 23.5. The zero-order chi connectivity index (χ0) is 24.2. The molecule has 0 spiro atoms. The maximum absolute atomic E-state index is 12.5. The van der Waals surface area contributed by atoms with Gasteiger partial charge in [0.1, 0.15) is 0 Å². The number of nitrogens with one attached hydrogen (secondary N) is 2. The number of amides is 2. The number of aromatic nitrogens is 1. The number of carbonyl (C=O) groups is 2. The van der Waals surface area contributed by atoms with Gasteiger partial charge < -0.3 is 15.4 Å². The lowest BCUT2D eigenvalue weighted by molar-refractivity contribution is -0.118. The van der Waals surface area contributed by atoms with Crippen LogP contribution in [0.25, 0.3) is 17.0 Å². The number of pyridine rings is 1. The van der Waals surface area contributed by atoms with Crippen LogP contribution in [0.4, 0.5) is 11.4 Å². The van der Waals surface area contributed by atoms with E-state index in [1.54, 1.807) is 24.4 Å². The maximum atomic E-state index is 12.5. The Hall–Kier alpha value is -3.24. The van der Waals surface area contributed by atoms with Gasteiger partial charge >= 0.3 is 0 Å². The Morgan fingerprint density at radius 2 is 2.03 bits per heavy atom. The lowest BCUT2D eigenvalue weighted by Crippen LogP contribution is -2.41. The maximum Gasteiger partial charge on any atom is 0.286 e. The molecule has 0 radical (unpaired) electrons. The van der Waals surface area contributed by atoms with E-state index in [9.17, 15) is 9.59 Å². The van der Waals surface area contributed by atoms with Gasteiger partial charge in [0.25, 0.3) is 5.91 Å². The molecule has 1 saturated heterocycles. The fraction of sp³-hybridized carbons (Fsp3) is 0.200. The first-order valence-electron chi connectivity index (χ1n) is 11.1. The van der Waals surface area contributed by atoms with Crippen molar-refractivity contribution in [3.05, 3.63) is 70.2 Å². The molecule has 1 fully saturated rings. The average Bonchev–Trinajstić information content (AvgIpc) is 3.20. The number of fused-ring (bicyclic) bond motifs is 1. The Balaban J connectivity index is 1.25. The lowest BCUT2D eigenvalue weighted by atomic mass is 10.1. The van der Waals surface area contributed by atoms with E-state index in [4.69, 9.17) is 16.3 Å². The van der Waals surface area contributed by atoms with Crippen LogP contribution in [0.2, 0.25) is 5.02 Å². The third kappa shape index (κ3) is 5.88. The van der Waals surface area contributed by atoms with Crippen LogP contribution in [-0.4, -0.2) is 59.7 Å². The molecule has 2 aliphatic heterocycles. The van der Waals surface area contributed by atoms with Crippen LogP contribution in [0.3, 0.4) is 0 Å². The number of aliphatic imine (C=N–C) groups is 1. The van der Waals surface area contributed by atoms with Crippen LogP contribution in [0, 0.1) is 0 Å². The third-order valence-electron chi connectivity index (χ3n) is 5.51. The summed E-state index contributed by atoms with van der Waals surface area (Å²) in [5.74, 6) is -0.436. The van der Waals surface area contributed by atoms with Gasteiger partial charge in [-0.3, -0.25) is 19.5 Å². The van der Waals surface area contributed by atoms with Gasteiger partial charge in [-0.05, 0) is 59.8 Å².